The largest absolute Gasteiger partial charge is 0.504 e. The van der Waals surface area contributed by atoms with Crippen molar-refractivity contribution in [2.75, 3.05) is 0 Å². The monoisotopic (exact) mass is 194 g/mol. The van der Waals surface area contributed by atoms with Gasteiger partial charge in [-0.25, -0.2) is 0 Å². The van der Waals surface area contributed by atoms with Gasteiger partial charge in [0.15, 0.2) is 11.5 Å². The van der Waals surface area contributed by atoms with Crippen LogP contribution < -0.4 is 0 Å². The van der Waals surface area contributed by atoms with Crippen LogP contribution in [0.25, 0.3) is 0 Å². The van der Waals surface area contributed by atoms with Gasteiger partial charge in [0.25, 0.3) is 0 Å². The van der Waals surface area contributed by atoms with Crippen molar-refractivity contribution in [2.45, 2.75) is 40.0 Å². The average Bonchev–Trinajstić information content (AvgIpc) is 2.18. The first-order valence-corrected chi connectivity index (χ1v) is 5.15. The van der Waals surface area contributed by atoms with Crippen LogP contribution in [0.1, 0.15) is 37.0 Å². The lowest BCUT2D eigenvalue weighted by Gasteiger charge is -2.13. The van der Waals surface area contributed by atoms with E-state index in [1.165, 1.54) is 0 Å². The first-order valence-electron chi connectivity index (χ1n) is 5.15. The Morgan fingerprint density at radius 3 is 2.36 bits per heavy atom. The van der Waals surface area contributed by atoms with E-state index in [1.54, 1.807) is 6.07 Å². The van der Waals surface area contributed by atoms with E-state index < -0.39 is 0 Å². The number of aryl methyl sites for hydroxylation is 1. The molecule has 0 aliphatic carbocycles. The number of phenolic OH excluding ortho intramolecular Hbond substituents is 2. The summed E-state index contributed by atoms with van der Waals surface area (Å²) >= 11 is 0. The summed E-state index contributed by atoms with van der Waals surface area (Å²) < 4.78 is 0. The quantitative estimate of drug-likeness (QED) is 0.726. The Bertz CT molecular complexity index is 330. The predicted octanol–water partition coefficient (Wildman–Crippen LogP) is 2.92. The fourth-order valence-corrected chi connectivity index (χ4v) is 1.79. The Kier molecular flexibility index (Phi) is 3.39. The van der Waals surface area contributed by atoms with Gasteiger partial charge >= 0.3 is 0 Å². The van der Waals surface area contributed by atoms with Gasteiger partial charge in [-0.2, -0.15) is 0 Å². The van der Waals surface area contributed by atoms with Crippen LogP contribution in [-0.4, -0.2) is 10.2 Å². The second kappa shape index (κ2) is 4.36. The third-order valence-electron chi connectivity index (χ3n) is 2.65. The minimum Gasteiger partial charge on any atom is -0.504 e. The summed E-state index contributed by atoms with van der Waals surface area (Å²) in [4.78, 5) is 0. The molecule has 0 aliphatic rings. The van der Waals surface area contributed by atoms with Crippen molar-refractivity contribution in [3.05, 3.63) is 22.8 Å². The maximum Gasteiger partial charge on any atom is 0.160 e. The number of hydrogen-bond donors (Lipinski definition) is 2. The highest BCUT2D eigenvalue weighted by molar-refractivity contribution is 5.52. The van der Waals surface area contributed by atoms with E-state index in [0.29, 0.717) is 0 Å². The normalized spacial score (nSPS) is 10.5. The number of phenols is 2. The molecule has 0 atom stereocenters. The van der Waals surface area contributed by atoms with Crippen LogP contribution in [0.2, 0.25) is 0 Å². The molecular weight excluding hydrogens is 176 g/mol. The Labute approximate surface area is 85.2 Å². The molecule has 78 valence electrons. The number of rotatable bonds is 3. The second-order valence-electron chi connectivity index (χ2n) is 3.61. The van der Waals surface area contributed by atoms with Crippen molar-refractivity contribution in [2.24, 2.45) is 0 Å². The standard InChI is InChI=1S/C12H18O2/c1-4-6-10-8(3)9(5-2)7-11(13)12(10)14/h7,13-14H,4-6H2,1-3H3. The molecule has 0 spiro atoms. The van der Waals surface area contributed by atoms with Crippen LogP contribution in [0, 0.1) is 6.92 Å². The fourth-order valence-electron chi connectivity index (χ4n) is 1.79. The van der Waals surface area contributed by atoms with Gasteiger partial charge in [0.2, 0.25) is 0 Å². The van der Waals surface area contributed by atoms with Crippen LogP contribution in [0.15, 0.2) is 6.07 Å². The maximum absolute atomic E-state index is 9.68. The molecule has 0 fully saturated rings. The molecule has 1 rings (SSSR count). The molecule has 0 saturated heterocycles. The lowest BCUT2D eigenvalue weighted by Crippen LogP contribution is -1.95. The number of benzene rings is 1. The van der Waals surface area contributed by atoms with Crippen LogP contribution in [0.4, 0.5) is 0 Å². The molecule has 2 heteroatoms. The summed E-state index contributed by atoms with van der Waals surface area (Å²) in [6.45, 7) is 6.12. The van der Waals surface area contributed by atoms with Crippen molar-refractivity contribution >= 4 is 0 Å². The molecule has 0 heterocycles. The van der Waals surface area contributed by atoms with Crippen molar-refractivity contribution in [1.29, 1.82) is 0 Å². The summed E-state index contributed by atoms with van der Waals surface area (Å²) in [5.74, 6) is 0.0671. The van der Waals surface area contributed by atoms with Crippen molar-refractivity contribution in [3.8, 4) is 11.5 Å². The first-order chi connectivity index (χ1) is 6.61. The van der Waals surface area contributed by atoms with E-state index in [9.17, 15) is 10.2 Å². The molecule has 0 amide bonds. The summed E-state index contributed by atoms with van der Waals surface area (Å²) in [5.41, 5.74) is 3.12. The Balaban J connectivity index is 3.29. The summed E-state index contributed by atoms with van der Waals surface area (Å²) in [6.07, 6.45) is 2.68. The maximum atomic E-state index is 9.68. The fraction of sp³-hybridized carbons (Fsp3) is 0.500. The first kappa shape index (κ1) is 10.9. The zero-order chi connectivity index (χ0) is 10.7. The lowest BCUT2D eigenvalue weighted by atomic mass is 9.96. The van der Waals surface area contributed by atoms with Gasteiger partial charge in [-0.15, -0.1) is 0 Å². The van der Waals surface area contributed by atoms with Crippen molar-refractivity contribution in [1.82, 2.24) is 0 Å². The molecule has 2 N–H and O–H groups in total. The molecule has 14 heavy (non-hydrogen) atoms. The van der Waals surface area contributed by atoms with Gasteiger partial charge in [-0.05, 0) is 37.0 Å². The SMILES string of the molecule is CCCc1c(C)c(CC)cc(O)c1O. The molecule has 0 unspecified atom stereocenters. The predicted molar refractivity (Wildman–Crippen MR) is 57.9 cm³/mol. The van der Waals surface area contributed by atoms with E-state index in [0.717, 1.165) is 36.0 Å². The van der Waals surface area contributed by atoms with Gasteiger partial charge in [-0.1, -0.05) is 20.3 Å². The van der Waals surface area contributed by atoms with Gasteiger partial charge in [0.1, 0.15) is 0 Å². The lowest BCUT2D eigenvalue weighted by molar-refractivity contribution is 0.398. The molecule has 0 bridgehead atoms. The number of hydrogen-bond acceptors (Lipinski definition) is 2. The molecule has 1 aromatic carbocycles. The third-order valence-corrected chi connectivity index (χ3v) is 2.65. The summed E-state index contributed by atoms with van der Waals surface area (Å²) in [7, 11) is 0. The molecule has 0 aromatic heterocycles. The zero-order valence-electron chi connectivity index (χ0n) is 9.09. The second-order valence-corrected chi connectivity index (χ2v) is 3.61. The Morgan fingerprint density at radius 2 is 1.86 bits per heavy atom. The minimum atomic E-state index is 0.0101. The van der Waals surface area contributed by atoms with Crippen LogP contribution in [0.3, 0.4) is 0 Å². The highest BCUT2D eigenvalue weighted by Gasteiger charge is 2.12. The van der Waals surface area contributed by atoms with Crippen LogP contribution >= 0.6 is 0 Å². The summed E-state index contributed by atoms with van der Waals surface area (Å²) in [6, 6.07) is 1.66. The third kappa shape index (κ3) is 1.84. The van der Waals surface area contributed by atoms with Gasteiger partial charge in [-0.3, -0.25) is 0 Å². The van der Waals surface area contributed by atoms with E-state index in [1.807, 2.05) is 6.92 Å². The van der Waals surface area contributed by atoms with E-state index in [2.05, 4.69) is 13.8 Å². The molecular formula is C12H18O2. The van der Waals surface area contributed by atoms with Crippen molar-refractivity contribution < 1.29 is 10.2 Å². The molecule has 2 nitrogen and oxygen atoms in total. The highest BCUT2D eigenvalue weighted by atomic mass is 16.3. The number of aromatic hydroxyl groups is 2. The Hall–Kier alpha value is -1.18. The summed E-state index contributed by atoms with van der Waals surface area (Å²) in [5, 5.41) is 19.2. The van der Waals surface area contributed by atoms with E-state index >= 15 is 0 Å². The van der Waals surface area contributed by atoms with Crippen molar-refractivity contribution in [3.63, 3.8) is 0 Å². The van der Waals surface area contributed by atoms with Crippen LogP contribution in [0.5, 0.6) is 11.5 Å². The van der Waals surface area contributed by atoms with E-state index in [4.69, 9.17) is 0 Å². The van der Waals surface area contributed by atoms with Crippen LogP contribution in [-0.2, 0) is 12.8 Å². The molecule has 1 aromatic rings. The topological polar surface area (TPSA) is 40.5 Å². The molecule has 0 aliphatic heterocycles. The highest BCUT2D eigenvalue weighted by Crippen LogP contribution is 2.34. The Morgan fingerprint density at radius 1 is 1.21 bits per heavy atom. The molecule has 0 saturated carbocycles. The van der Waals surface area contributed by atoms with Gasteiger partial charge in [0, 0.05) is 5.56 Å². The average molecular weight is 194 g/mol. The van der Waals surface area contributed by atoms with Gasteiger partial charge in [0.05, 0.1) is 0 Å². The minimum absolute atomic E-state index is 0.0101. The molecule has 0 radical (unpaired) electrons. The zero-order valence-corrected chi connectivity index (χ0v) is 9.09. The van der Waals surface area contributed by atoms with Gasteiger partial charge < -0.3 is 10.2 Å². The smallest absolute Gasteiger partial charge is 0.160 e. The van der Waals surface area contributed by atoms with E-state index in [-0.39, 0.29) is 11.5 Å².